The Morgan fingerprint density at radius 3 is 1.96 bits per heavy atom. The lowest BCUT2D eigenvalue weighted by Gasteiger charge is -2.12. The molecule has 130 valence electrons. The van der Waals surface area contributed by atoms with Gasteiger partial charge in [0.15, 0.2) is 0 Å². The van der Waals surface area contributed by atoms with Crippen LogP contribution in [0.15, 0.2) is 53.4 Å². The lowest BCUT2D eigenvalue weighted by Crippen LogP contribution is -2.43. The summed E-state index contributed by atoms with van der Waals surface area (Å²) in [7, 11) is -4.04. The molecule has 0 radical (unpaired) electrons. The van der Waals surface area contributed by atoms with Gasteiger partial charge in [-0.25, -0.2) is 8.42 Å². The van der Waals surface area contributed by atoms with Crippen LogP contribution in [0, 0.1) is 18.8 Å². The van der Waals surface area contributed by atoms with Crippen molar-refractivity contribution >= 4 is 16.0 Å². The molecule has 1 atom stereocenters. The third-order valence-corrected chi connectivity index (χ3v) is 4.83. The molecule has 0 bridgehead atoms. The summed E-state index contributed by atoms with van der Waals surface area (Å²) in [5.41, 5.74) is 2.60. The van der Waals surface area contributed by atoms with Crippen LogP contribution in [0.2, 0.25) is 0 Å². The molecule has 2 rings (SSSR count). The molecule has 0 unspecified atom stereocenters. The van der Waals surface area contributed by atoms with Gasteiger partial charge in [-0.1, -0.05) is 29.5 Å². The normalized spacial score (nSPS) is 12.1. The van der Waals surface area contributed by atoms with E-state index in [9.17, 15) is 13.2 Å². The third-order valence-electron chi connectivity index (χ3n) is 3.35. The second-order valence-electron chi connectivity index (χ2n) is 5.34. The van der Waals surface area contributed by atoms with Crippen LogP contribution in [0.25, 0.3) is 0 Å². The number of rotatable bonds is 5. The maximum atomic E-state index is 12.1. The number of hydrogen-bond donors (Lipinski definition) is 3. The first-order valence-corrected chi connectivity index (χ1v) is 8.85. The highest BCUT2D eigenvalue weighted by Crippen LogP contribution is 2.11. The number of benzene rings is 2. The highest BCUT2D eigenvalue weighted by Gasteiger charge is 2.24. The Balaban J connectivity index is 2.16. The summed E-state index contributed by atoms with van der Waals surface area (Å²) in [4.78, 5) is 10.7. The van der Waals surface area contributed by atoms with Crippen molar-refractivity contribution in [3.63, 3.8) is 0 Å². The average Bonchev–Trinajstić information content (AvgIpc) is 2.59. The van der Waals surface area contributed by atoms with Gasteiger partial charge in [0.25, 0.3) is 0 Å². The summed E-state index contributed by atoms with van der Waals surface area (Å²) in [6, 6.07) is 11.8. The number of carboxylic acids is 1. The number of aliphatic hydroxyl groups is 1. The Labute approximate surface area is 146 Å². The van der Waals surface area contributed by atoms with Crippen molar-refractivity contribution in [1.29, 1.82) is 0 Å². The van der Waals surface area contributed by atoms with Crippen LogP contribution in [0.3, 0.4) is 0 Å². The highest BCUT2D eigenvalue weighted by molar-refractivity contribution is 7.89. The zero-order chi connectivity index (χ0) is 18.4. The average molecular weight is 359 g/mol. The molecule has 0 aliphatic heterocycles. The highest BCUT2D eigenvalue weighted by atomic mass is 32.2. The van der Waals surface area contributed by atoms with Crippen LogP contribution in [0.4, 0.5) is 0 Å². The standard InChI is InChI=1S/C18H17NO5S/c1-13-2-4-14(5-3-13)6-7-15-8-10-16(11-9-15)25(23,24)19-17(12-20)18(21)22/h2-5,8-11,17,19-20H,12H2,1H3,(H,21,22)/t17-/m1/s1. The van der Waals surface area contributed by atoms with E-state index in [1.54, 1.807) is 0 Å². The van der Waals surface area contributed by atoms with Crippen molar-refractivity contribution in [2.24, 2.45) is 0 Å². The van der Waals surface area contributed by atoms with Crippen LogP contribution < -0.4 is 4.72 Å². The molecule has 0 aromatic heterocycles. The number of aliphatic hydroxyl groups excluding tert-OH is 1. The summed E-state index contributed by atoms with van der Waals surface area (Å²) in [5, 5.41) is 17.7. The summed E-state index contributed by atoms with van der Waals surface area (Å²) in [5.74, 6) is 4.45. The number of sulfonamides is 1. The first-order valence-electron chi connectivity index (χ1n) is 7.36. The summed E-state index contributed by atoms with van der Waals surface area (Å²) < 4.78 is 26.1. The topological polar surface area (TPSA) is 104 Å². The molecule has 0 aliphatic carbocycles. The Bertz CT molecular complexity index is 907. The fraction of sp³-hybridized carbons (Fsp3) is 0.167. The van der Waals surface area contributed by atoms with Gasteiger partial charge in [-0.15, -0.1) is 0 Å². The number of nitrogens with one attached hydrogen (secondary N) is 1. The van der Waals surface area contributed by atoms with E-state index in [-0.39, 0.29) is 4.90 Å². The minimum Gasteiger partial charge on any atom is -0.480 e. The van der Waals surface area contributed by atoms with Crippen LogP contribution >= 0.6 is 0 Å². The molecule has 0 amide bonds. The van der Waals surface area contributed by atoms with E-state index in [0.717, 1.165) is 11.1 Å². The molecule has 0 spiro atoms. The first kappa shape index (κ1) is 18.7. The molecule has 0 fully saturated rings. The molecule has 7 heteroatoms. The fourth-order valence-corrected chi connectivity index (χ4v) is 3.10. The Morgan fingerprint density at radius 1 is 1.04 bits per heavy atom. The predicted octanol–water partition coefficient (Wildman–Crippen LogP) is 1.12. The van der Waals surface area contributed by atoms with Gasteiger partial charge >= 0.3 is 5.97 Å². The minimum absolute atomic E-state index is 0.104. The van der Waals surface area contributed by atoms with Crippen molar-refractivity contribution in [3.8, 4) is 11.8 Å². The van der Waals surface area contributed by atoms with E-state index in [4.69, 9.17) is 10.2 Å². The number of aryl methyl sites for hydroxylation is 1. The van der Waals surface area contributed by atoms with E-state index in [2.05, 4.69) is 11.8 Å². The van der Waals surface area contributed by atoms with Gasteiger partial charge in [0.05, 0.1) is 11.5 Å². The Kier molecular flexibility index (Phi) is 5.93. The summed E-state index contributed by atoms with van der Waals surface area (Å²) in [6.45, 7) is 1.14. The predicted molar refractivity (Wildman–Crippen MR) is 92.4 cm³/mol. The van der Waals surface area contributed by atoms with Gasteiger partial charge in [-0.3, -0.25) is 4.79 Å². The number of hydrogen-bond acceptors (Lipinski definition) is 4. The SMILES string of the molecule is Cc1ccc(C#Cc2ccc(S(=O)(=O)N[C@H](CO)C(=O)O)cc2)cc1. The number of aliphatic carboxylic acids is 1. The number of carbonyl (C=O) groups is 1. The van der Waals surface area contributed by atoms with Crippen molar-refractivity contribution in [1.82, 2.24) is 4.72 Å². The van der Waals surface area contributed by atoms with E-state index in [1.807, 2.05) is 35.9 Å². The largest absolute Gasteiger partial charge is 0.480 e. The summed E-state index contributed by atoms with van der Waals surface area (Å²) >= 11 is 0. The molecule has 2 aromatic carbocycles. The maximum absolute atomic E-state index is 12.1. The van der Waals surface area contributed by atoms with E-state index in [1.165, 1.54) is 24.3 Å². The molecule has 6 nitrogen and oxygen atoms in total. The zero-order valence-corrected chi connectivity index (χ0v) is 14.2. The zero-order valence-electron chi connectivity index (χ0n) is 13.4. The lowest BCUT2D eigenvalue weighted by atomic mass is 10.1. The molecular formula is C18H17NO5S. The summed E-state index contributed by atoms with van der Waals surface area (Å²) in [6.07, 6.45) is 0. The van der Waals surface area contributed by atoms with Crippen molar-refractivity contribution < 1.29 is 23.4 Å². The molecule has 3 N–H and O–H groups in total. The van der Waals surface area contributed by atoms with Crippen LogP contribution in [-0.4, -0.2) is 37.2 Å². The van der Waals surface area contributed by atoms with E-state index < -0.39 is 28.6 Å². The van der Waals surface area contributed by atoms with E-state index in [0.29, 0.717) is 5.56 Å². The van der Waals surface area contributed by atoms with Crippen LogP contribution in [0.1, 0.15) is 16.7 Å². The number of carboxylic acid groups (broad SMARTS) is 1. The fourth-order valence-electron chi connectivity index (χ4n) is 1.92. The molecule has 0 aliphatic rings. The monoisotopic (exact) mass is 359 g/mol. The molecule has 2 aromatic rings. The molecule has 0 heterocycles. The molecule has 0 saturated carbocycles. The van der Waals surface area contributed by atoms with Gasteiger partial charge in [0.2, 0.25) is 10.0 Å². The van der Waals surface area contributed by atoms with Crippen LogP contribution in [-0.2, 0) is 14.8 Å². The second-order valence-corrected chi connectivity index (χ2v) is 7.05. The molecule has 0 saturated heterocycles. The minimum atomic E-state index is -4.04. The first-order chi connectivity index (χ1) is 11.8. The third kappa shape index (κ3) is 5.16. The van der Waals surface area contributed by atoms with E-state index >= 15 is 0 Å². The second kappa shape index (κ2) is 7.94. The van der Waals surface area contributed by atoms with Crippen molar-refractivity contribution in [3.05, 3.63) is 65.2 Å². The van der Waals surface area contributed by atoms with Gasteiger partial charge in [0, 0.05) is 11.1 Å². The Morgan fingerprint density at radius 2 is 1.52 bits per heavy atom. The van der Waals surface area contributed by atoms with Gasteiger partial charge in [-0.05, 0) is 43.3 Å². The smallest absolute Gasteiger partial charge is 0.324 e. The molecular weight excluding hydrogens is 342 g/mol. The van der Waals surface area contributed by atoms with Gasteiger partial charge < -0.3 is 10.2 Å². The van der Waals surface area contributed by atoms with Crippen LogP contribution in [0.5, 0.6) is 0 Å². The lowest BCUT2D eigenvalue weighted by molar-refractivity contribution is -0.139. The van der Waals surface area contributed by atoms with Crippen molar-refractivity contribution in [2.75, 3.05) is 6.61 Å². The maximum Gasteiger partial charge on any atom is 0.324 e. The van der Waals surface area contributed by atoms with Gasteiger partial charge in [-0.2, -0.15) is 4.72 Å². The molecule has 25 heavy (non-hydrogen) atoms. The Hall–Kier alpha value is -2.66. The van der Waals surface area contributed by atoms with Gasteiger partial charge in [0.1, 0.15) is 6.04 Å². The van der Waals surface area contributed by atoms with Crippen molar-refractivity contribution in [2.45, 2.75) is 17.9 Å². The quantitative estimate of drug-likeness (QED) is 0.694.